The van der Waals surface area contributed by atoms with Gasteiger partial charge < -0.3 is 0 Å². The van der Waals surface area contributed by atoms with Crippen LogP contribution in [0.2, 0.25) is 0 Å². The van der Waals surface area contributed by atoms with Crippen molar-refractivity contribution in [3.8, 4) is 0 Å². The second-order valence-electron chi connectivity index (χ2n) is 5.27. The molecule has 0 fully saturated rings. The lowest BCUT2D eigenvalue weighted by atomic mass is 9.84. The lowest BCUT2D eigenvalue weighted by Gasteiger charge is -2.20. The molecule has 0 aromatic heterocycles. The molecule has 0 aliphatic heterocycles. The minimum absolute atomic E-state index is 0.0685. The number of hydrogen-bond acceptors (Lipinski definition) is 4. The summed E-state index contributed by atoms with van der Waals surface area (Å²) in [7, 11) is 0. The number of nitro benzene ring substituents is 2. The number of nitrogens with zero attached hydrogens (tertiary/aromatic N) is 2. The molecule has 2 unspecified atom stereocenters. The summed E-state index contributed by atoms with van der Waals surface area (Å²) < 4.78 is 0. The minimum atomic E-state index is -0.422. The zero-order chi connectivity index (χ0) is 16.3. The van der Waals surface area contributed by atoms with Crippen molar-refractivity contribution in [2.75, 3.05) is 0 Å². The summed E-state index contributed by atoms with van der Waals surface area (Å²) in [6, 6.07) is 13.0. The predicted octanol–water partition coefficient (Wildman–Crippen LogP) is 4.41. The molecule has 6 heteroatoms. The van der Waals surface area contributed by atoms with Crippen molar-refractivity contribution < 1.29 is 9.85 Å². The van der Waals surface area contributed by atoms with E-state index in [2.05, 4.69) is 0 Å². The highest BCUT2D eigenvalue weighted by Gasteiger charge is 2.18. The second-order valence-corrected chi connectivity index (χ2v) is 5.27. The Bertz CT molecular complexity index is 619. The molecule has 2 aromatic carbocycles. The van der Waals surface area contributed by atoms with Gasteiger partial charge in [-0.3, -0.25) is 20.2 Å². The van der Waals surface area contributed by atoms with Gasteiger partial charge in [-0.1, -0.05) is 38.1 Å². The molecule has 2 atom stereocenters. The Labute approximate surface area is 127 Å². The molecule has 0 bridgehead atoms. The van der Waals surface area contributed by atoms with E-state index in [4.69, 9.17) is 0 Å². The molecular weight excluding hydrogens is 284 g/mol. The van der Waals surface area contributed by atoms with Crippen molar-refractivity contribution in [2.45, 2.75) is 25.7 Å². The maximum atomic E-state index is 10.7. The summed E-state index contributed by atoms with van der Waals surface area (Å²) >= 11 is 0. The summed E-state index contributed by atoms with van der Waals surface area (Å²) in [4.78, 5) is 20.5. The van der Waals surface area contributed by atoms with E-state index in [1.54, 1.807) is 24.3 Å². The lowest BCUT2D eigenvalue weighted by Crippen LogP contribution is -2.05. The van der Waals surface area contributed by atoms with Crippen LogP contribution in [0.25, 0.3) is 0 Å². The predicted molar refractivity (Wildman–Crippen MR) is 83.0 cm³/mol. The third kappa shape index (κ3) is 3.28. The average Bonchev–Trinajstić information content (AvgIpc) is 2.53. The van der Waals surface area contributed by atoms with E-state index < -0.39 is 9.85 Å². The Morgan fingerprint density at radius 3 is 1.18 bits per heavy atom. The zero-order valence-corrected chi connectivity index (χ0v) is 12.3. The highest BCUT2D eigenvalue weighted by Crippen LogP contribution is 2.33. The molecule has 0 aliphatic rings. The summed E-state index contributed by atoms with van der Waals surface area (Å²) in [6.07, 6.45) is 0. The molecule has 0 saturated heterocycles. The van der Waals surface area contributed by atoms with Crippen LogP contribution < -0.4 is 0 Å². The summed E-state index contributed by atoms with van der Waals surface area (Å²) in [6.45, 7) is 4.07. The SMILES string of the molecule is CC(c1ccc([N+](=O)[O-])cc1)C(C)c1ccc([N+](=O)[O-])cc1. The molecular formula is C16H16N2O4. The van der Waals surface area contributed by atoms with E-state index >= 15 is 0 Å². The van der Waals surface area contributed by atoms with E-state index in [9.17, 15) is 20.2 Å². The quantitative estimate of drug-likeness (QED) is 0.604. The molecule has 2 aromatic rings. The Kier molecular flexibility index (Phi) is 4.50. The molecule has 0 amide bonds. The minimum Gasteiger partial charge on any atom is -0.258 e. The largest absolute Gasteiger partial charge is 0.269 e. The number of rotatable bonds is 5. The number of non-ortho nitro benzene ring substituents is 2. The molecule has 0 radical (unpaired) electrons. The van der Waals surface area contributed by atoms with Gasteiger partial charge in [0.1, 0.15) is 0 Å². The standard InChI is InChI=1S/C16H16N2O4/c1-11(13-3-7-15(8-4-13)17(19)20)12(2)14-5-9-16(10-6-14)18(21)22/h3-12H,1-2H3. The number of nitro groups is 2. The van der Waals surface area contributed by atoms with Gasteiger partial charge in [0.2, 0.25) is 0 Å². The molecule has 22 heavy (non-hydrogen) atoms. The van der Waals surface area contributed by atoms with Crippen LogP contribution in [0.15, 0.2) is 48.5 Å². The van der Waals surface area contributed by atoms with Crippen molar-refractivity contribution in [1.82, 2.24) is 0 Å². The van der Waals surface area contributed by atoms with Crippen molar-refractivity contribution in [3.63, 3.8) is 0 Å². The topological polar surface area (TPSA) is 86.3 Å². The van der Waals surface area contributed by atoms with Gasteiger partial charge in [-0.05, 0) is 23.0 Å². The third-order valence-electron chi connectivity index (χ3n) is 4.01. The first-order chi connectivity index (χ1) is 10.4. The lowest BCUT2D eigenvalue weighted by molar-refractivity contribution is -0.385. The van der Waals surface area contributed by atoms with Crippen LogP contribution >= 0.6 is 0 Å². The van der Waals surface area contributed by atoms with E-state index in [0.717, 1.165) is 11.1 Å². The normalized spacial score (nSPS) is 13.4. The Hall–Kier alpha value is -2.76. The molecule has 0 saturated carbocycles. The average molecular weight is 300 g/mol. The van der Waals surface area contributed by atoms with Crippen LogP contribution in [0, 0.1) is 20.2 Å². The molecule has 6 nitrogen and oxygen atoms in total. The molecule has 0 aliphatic carbocycles. The first-order valence-electron chi connectivity index (χ1n) is 6.89. The highest BCUT2D eigenvalue weighted by molar-refractivity contribution is 5.38. The summed E-state index contributed by atoms with van der Waals surface area (Å²) in [5, 5.41) is 21.3. The highest BCUT2D eigenvalue weighted by atomic mass is 16.6. The van der Waals surface area contributed by atoms with Crippen molar-refractivity contribution in [2.24, 2.45) is 0 Å². The fourth-order valence-corrected chi connectivity index (χ4v) is 2.38. The fraction of sp³-hybridized carbons (Fsp3) is 0.250. The van der Waals surface area contributed by atoms with Gasteiger partial charge >= 0.3 is 0 Å². The third-order valence-corrected chi connectivity index (χ3v) is 4.01. The van der Waals surface area contributed by atoms with E-state index in [0.29, 0.717) is 0 Å². The Morgan fingerprint density at radius 1 is 0.682 bits per heavy atom. The maximum absolute atomic E-state index is 10.7. The Balaban J connectivity index is 2.18. The van der Waals surface area contributed by atoms with Crippen LogP contribution in [0.3, 0.4) is 0 Å². The van der Waals surface area contributed by atoms with Crippen LogP contribution in [-0.2, 0) is 0 Å². The number of hydrogen-bond donors (Lipinski definition) is 0. The second kappa shape index (κ2) is 6.34. The Morgan fingerprint density at radius 2 is 0.955 bits per heavy atom. The van der Waals surface area contributed by atoms with Crippen molar-refractivity contribution >= 4 is 11.4 Å². The van der Waals surface area contributed by atoms with Gasteiger partial charge in [0.25, 0.3) is 11.4 Å². The summed E-state index contributed by atoms with van der Waals surface area (Å²) in [5.74, 6) is 0.282. The first kappa shape index (κ1) is 15.6. The van der Waals surface area contributed by atoms with Gasteiger partial charge in [-0.25, -0.2) is 0 Å². The fourth-order valence-electron chi connectivity index (χ4n) is 2.38. The van der Waals surface area contributed by atoms with Crippen LogP contribution in [-0.4, -0.2) is 9.85 Å². The van der Waals surface area contributed by atoms with Crippen molar-refractivity contribution in [1.29, 1.82) is 0 Å². The van der Waals surface area contributed by atoms with E-state index in [-0.39, 0.29) is 23.2 Å². The van der Waals surface area contributed by atoms with Crippen LogP contribution in [0.5, 0.6) is 0 Å². The van der Waals surface area contributed by atoms with Crippen LogP contribution in [0.1, 0.15) is 36.8 Å². The number of benzene rings is 2. The van der Waals surface area contributed by atoms with Gasteiger partial charge in [0.15, 0.2) is 0 Å². The molecule has 2 rings (SSSR count). The van der Waals surface area contributed by atoms with E-state index in [1.807, 2.05) is 13.8 Å². The maximum Gasteiger partial charge on any atom is 0.269 e. The van der Waals surface area contributed by atoms with Gasteiger partial charge in [0, 0.05) is 24.3 Å². The first-order valence-corrected chi connectivity index (χ1v) is 6.89. The smallest absolute Gasteiger partial charge is 0.258 e. The van der Waals surface area contributed by atoms with Gasteiger partial charge in [0.05, 0.1) is 9.85 Å². The van der Waals surface area contributed by atoms with E-state index in [1.165, 1.54) is 24.3 Å². The zero-order valence-electron chi connectivity index (χ0n) is 12.3. The summed E-state index contributed by atoms with van der Waals surface area (Å²) in [5.41, 5.74) is 2.13. The van der Waals surface area contributed by atoms with Crippen LogP contribution in [0.4, 0.5) is 11.4 Å². The molecule has 114 valence electrons. The molecule has 0 heterocycles. The molecule has 0 spiro atoms. The van der Waals surface area contributed by atoms with Crippen molar-refractivity contribution in [3.05, 3.63) is 79.9 Å². The monoisotopic (exact) mass is 300 g/mol. The molecule has 0 N–H and O–H groups in total. The van der Waals surface area contributed by atoms with Gasteiger partial charge in [-0.2, -0.15) is 0 Å². The van der Waals surface area contributed by atoms with Gasteiger partial charge in [-0.15, -0.1) is 0 Å².